The van der Waals surface area contributed by atoms with Gasteiger partial charge in [0.25, 0.3) is 5.91 Å². The summed E-state index contributed by atoms with van der Waals surface area (Å²) in [4.78, 5) is 29.4. The fourth-order valence-corrected chi connectivity index (χ4v) is 4.58. The molecule has 2 aliphatic rings. The van der Waals surface area contributed by atoms with Gasteiger partial charge in [-0.3, -0.25) is 9.59 Å². The Bertz CT molecular complexity index is 894. The normalized spacial score (nSPS) is 19.6. The standard InChI is InChI=1S/C25H30N2O3/c1-30-22-13-11-20(12-14-22)23-9-3-2-4-16-27(23)25(29)21-8-5-7-19(17-21)18-26-15-6-10-24(26)28/h5,7-8,11-14,17,23H,2-4,6,9-10,15-16,18H2,1H3/t23-/m0/s1. The second-order valence-corrected chi connectivity index (χ2v) is 8.26. The second-order valence-electron chi connectivity index (χ2n) is 8.26. The van der Waals surface area contributed by atoms with Gasteiger partial charge in [0.05, 0.1) is 13.2 Å². The minimum Gasteiger partial charge on any atom is -0.497 e. The molecule has 2 saturated heterocycles. The van der Waals surface area contributed by atoms with Gasteiger partial charge in [0, 0.05) is 31.6 Å². The van der Waals surface area contributed by atoms with E-state index in [1.807, 2.05) is 46.2 Å². The molecule has 2 aliphatic heterocycles. The number of benzene rings is 2. The highest BCUT2D eigenvalue weighted by Gasteiger charge is 2.28. The van der Waals surface area contributed by atoms with Gasteiger partial charge in [-0.25, -0.2) is 0 Å². The zero-order valence-corrected chi connectivity index (χ0v) is 17.7. The van der Waals surface area contributed by atoms with E-state index in [0.717, 1.165) is 62.1 Å². The van der Waals surface area contributed by atoms with E-state index in [0.29, 0.717) is 18.5 Å². The highest BCUT2D eigenvalue weighted by Crippen LogP contribution is 2.32. The van der Waals surface area contributed by atoms with Crippen LogP contribution in [-0.2, 0) is 11.3 Å². The first-order valence-electron chi connectivity index (χ1n) is 11.0. The molecule has 2 heterocycles. The van der Waals surface area contributed by atoms with Gasteiger partial charge >= 0.3 is 0 Å². The Morgan fingerprint density at radius 1 is 1.03 bits per heavy atom. The summed E-state index contributed by atoms with van der Waals surface area (Å²) < 4.78 is 5.29. The molecule has 1 atom stereocenters. The summed E-state index contributed by atoms with van der Waals surface area (Å²) in [5.41, 5.74) is 2.89. The molecule has 2 amide bonds. The van der Waals surface area contributed by atoms with Crippen molar-refractivity contribution in [3.8, 4) is 5.75 Å². The fraction of sp³-hybridized carbons (Fsp3) is 0.440. The molecule has 0 aromatic heterocycles. The van der Waals surface area contributed by atoms with E-state index in [4.69, 9.17) is 4.74 Å². The number of carbonyl (C=O) groups excluding carboxylic acids is 2. The van der Waals surface area contributed by atoms with Crippen molar-refractivity contribution in [3.05, 3.63) is 65.2 Å². The van der Waals surface area contributed by atoms with Gasteiger partial charge in [0.15, 0.2) is 0 Å². The fourth-order valence-electron chi connectivity index (χ4n) is 4.58. The van der Waals surface area contributed by atoms with Crippen LogP contribution in [-0.4, -0.2) is 41.8 Å². The van der Waals surface area contributed by atoms with Crippen LogP contribution in [0.1, 0.15) is 66.1 Å². The highest BCUT2D eigenvalue weighted by molar-refractivity contribution is 5.94. The van der Waals surface area contributed by atoms with Crippen molar-refractivity contribution >= 4 is 11.8 Å². The first-order chi connectivity index (χ1) is 14.7. The van der Waals surface area contributed by atoms with E-state index < -0.39 is 0 Å². The van der Waals surface area contributed by atoms with E-state index in [9.17, 15) is 9.59 Å². The lowest BCUT2D eigenvalue weighted by atomic mass is 9.99. The minimum absolute atomic E-state index is 0.0762. The Morgan fingerprint density at radius 2 is 1.87 bits per heavy atom. The predicted octanol–water partition coefficient (Wildman–Crippen LogP) is 4.58. The molecule has 0 unspecified atom stereocenters. The van der Waals surface area contributed by atoms with Crippen LogP contribution in [0.15, 0.2) is 48.5 Å². The topological polar surface area (TPSA) is 49.9 Å². The van der Waals surface area contributed by atoms with Crippen molar-refractivity contribution in [1.82, 2.24) is 9.80 Å². The number of nitrogens with zero attached hydrogens (tertiary/aromatic N) is 2. The summed E-state index contributed by atoms with van der Waals surface area (Å²) in [5, 5.41) is 0. The van der Waals surface area contributed by atoms with Crippen LogP contribution in [0, 0.1) is 0 Å². The van der Waals surface area contributed by atoms with Crippen LogP contribution in [0.5, 0.6) is 5.75 Å². The molecular formula is C25H30N2O3. The quantitative estimate of drug-likeness (QED) is 0.731. The van der Waals surface area contributed by atoms with Gasteiger partial charge in [-0.05, 0) is 54.7 Å². The molecule has 4 rings (SSSR count). The number of rotatable bonds is 5. The first kappa shape index (κ1) is 20.5. The second kappa shape index (κ2) is 9.33. The maximum absolute atomic E-state index is 13.5. The van der Waals surface area contributed by atoms with Crippen LogP contribution in [0.25, 0.3) is 0 Å². The third-order valence-electron chi connectivity index (χ3n) is 6.23. The van der Waals surface area contributed by atoms with E-state index in [1.165, 1.54) is 0 Å². The van der Waals surface area contributed by atoms with Crippen molar-refractivity contribution < 1.29 is 14.3 Å². The van der Waals surface area contributed by atoms with Gasteiger partial charge < -0.3 is 14.5 Å². The van der Waals surface area contributed by atoms with Gasteiger partial charge in [0.1, 0.15) is 5.75 Å². The van der Waals surface area contributed by atoms with Crippen LogP contribution >= 0.6 is 0 Å². The molecule has 0 spiro atoms. The number of methoxy groups -OCH3 is 1. The van der Waals surface area contributed by atoms with E-state index in [-0.39, 0.29) is 17.9 Å². The smallest absolute Gasteiger partial charge is 0.254 e. The molecule has 2 aromatic rings. The molecule has 30 heavy (non-hydrogen) atoms. The molecular weight excluding hydrogens is 376 g/mol. The number of hydrogen-bond acceptors (Lipinski definition) is 3. The molecule has 0 saturated carbocycles. The summed E-state index contributed by atoms with van der Waals surface area (Å²) in [6.45, 7) is 2.16. The summed E-state index contributed by atoms with van der Waals surface area (Å²) in [6.07, 6.45) is 5.83. The maximum atomic E-state index is 13.5. The SMILES string of the molecule is COc1ccc([C@@H]2CCCCCN2C(=O)c2cccc(CN3CCCC3=O)c2)cc1. The average molecular weight is 407 g/mol. The lowest BCUT2D eigenvalue weighted by Crippen LogP contribution is -2.35. The summed E-state index contributed by atoms with van der Waals surface area (Å²) in [7, 11) is 1.67. The summed E-state index contributed by atoms with van der Waals surface area (Å²) >= 11 is 0. The van der Waals surface area contributed by atoms with E-state index in [2.05, 4.69) is 12.1 Å². The highest BCUT2D eigenvalue weighted by atomic mass is 16.5. The lowest BCUT2D eigenvalue weighted by molar-refractivity contribution is -0.128. The Kier molecular flexibility index (Phi) is 6.36. The lowest BCUT2D eigenvalue weighted by Gasteiger charge is -2.31. The van der Waals surface area contributed by atoms with Gasteiger partial charge in [-0.15, -0.1) is 0 Å². The van der Waals surface area contributed by atoms with E-state index >= 15 is 0 Å². The Labute approximate surface area is 178 Å². The third kappa shape index (κ3) is 4.50. The number of hydrogen-bond donors (Lipinski definition) is 0. The van der Waals surface area contributed by atoms with Crippen molar-refractivity contribution in [3.63, 3.8) is 0 Å². The Morgan fingerprint density at radius 3 is 2.60 bits per heavy atom. The maximum Gasteiger partial charge on any atom is 0.254 e. The van der Waals surface area contributed by atoms with Gasteiger partial charge in [0.2, 0.25) is 5.91 Å². The number of ether oxygens (including phenoxy) is 1. The zero-order valence-electron chi connectivity index (χ0n) is 17.7. The monoisotopic (exact) mass is 406 g/mol. The number of amides is 2. The number of carbonyl (C=O) groups is 2. The van der Waals surface area contributed by atoms with Gasteiger partial charge in [-0.1, -0.05) is 37.1 Å². The molecule has 158 valence electrons. The molecule has 5 heteroatoms. The first-order valence-corrected chi connectivity index (χ1v) is 11.0. The van der Waals surface area contributed by atoms with Crippen molar-refractivity contribution in [2.75, 3.05) is 20.2 Å². The average Bonchev–Trinajstić information content (AvgIpc) is 3.03. The minimum atomic E-state index is 0.0762. The van der Waals surface area contributed by atoms with Crippen molar-refractivity contribution in [2.45, 2.75) is 51.1 Å². The van der Waals surface area contributed by atoms with Gasteiger partial charge in [-0.2, -0.15) is 0 Å². The molecule has 0 N–H and O–H groups in total. The Hall–Kier alpha value is -2.82. The molecule has 0 aliphatic carbocycles. The van der Waals surface area contributed by atoms with Crippen molar-refractivity contribution in [1.29, 1.82) is 0 Å². The molecule has 0 bridgehead atoms. The predicted molar refractivity (Wildman–Crippen MR) is 116 cm³/mol. The van der Waals surface area contributed by atoms with E-state index in [1.54, 1.807) is 7.11 Å². The third-order valence-corrected chi connectivity index (χ3v) is 6.23. The van der Waals surface area contributed by atoms with Crippen LogP contribution in [0.4, 0.5) is 0 Å². The Balaban J connectivity index is 1.56. The molecule has 2 aromatic carbocycles. The largest absolute Gasteiger partial charge is 0.497 e. The van der Waals surface area contributed by atoms with Crippen LogP contribution < -0.4 is 4.74 Å². The molecule has 0 radical (unpaired) electrons. The van der Waals surface area contributed by atoms with Crippen molar-refractivity contribution in [2.24, 2.45) is 0 Å². The molecule has 2 fully saturated rings. The summed E-state index contributed by atoms with van der Waals surface area (Å²) in [6, 6.07) is 16.0. The molecule has 5 nitrogen and oxygen atoms in total. The zero-order chi connectivity index (χ0) is 20.9. The summed E-state index contributed by atoms with van der Waals surface area (Å²) in [5.74, 6) is 1.11. The number of likely N-dealkylation sites (tertiary alicyclic amines) is 2. The van der Waals surface area contributed by atoms with Crippen LogP contribution in [0.3, 0.4) is 0 Å². The van der Waals surface area contributed by atoms with Crippen LogP contribution in [0.2, 0.25) is 0 Å².